The molecule has 0 spiro atoms. The summed E-state index contributed by atoms with van der Waals surface area (Å²) in [5.74, 6) is 0.362. The number of para-hydroxylation sites is 1. The lowest BCUT2D eigenvalue weighted by atomic mass is 10.2. The molecule has 0 aliphatic heterocycles. The number of hydrogen-bond acceptors (Lipinski definition) is 2. The van der Waals surface area contributed by atoms with Gasteiger partial charge in [0.1, 0.15) is 0 Å². The molecule has 16 heavy (non-hydrogen) atoms. The Balaban J connectivity index is 2.18. The number of benzene rings is 1. The van der Waals surface area contributed by atoms with Gasteiger partial charge in [-0.25, -0.2) is 0 Å². The minimum atomic E-state index is -0.275. The molecule has 0 saturated carbocycles. The van der Waals surface area contributed by atoms with E-state index in [1.165, 1.54) is 6.26 Å². The Morgan fingerprint density at radius 3 is 2.75 bits per heavy atom. The normalized spacial score (nSPS) is 10.1. The van der Waals surface area contributed by atoms with Crippen molar-refractivity contribution in [3.63, 3.8) is 0 Å². The first kappa shape index (κ1) is 10.8. The molecule has 1 aromatic heterocycles. The molecular formula is C12H10ClNO2. The zero-order valence-corrected chi connectivity index (χ0v) is 9.20. The Hall–Kier alpha value is -1.74. The van der Waals surface area contributed by atoms with E-state index in [4.69, 9.17) is 16.0 Å². The van der Waals surface area contributed by atoms with Gasteiger partial charge in [0.25, 0.3) is 5.91 Å². The zero-order valence-electron chi connectivity index (χ0n) is 8.44. The summed E-state index contributed by atoms with van der Waals surface area (Å²) in [5.41, 5.74) is 1.59. The molecule has 1 heterocycles. The molecule has 82 valence electrons. The summed E-state index contributed by atoms with van der Waals surface area (Å²) in [5, 5.41) is 2.75. The van der Waals surface area contributed by atoms with E-state index in [2.05, 4.69) is 5.32 Å². The molecule has 2 rings (SSSR count). The van der Waals surface area contributed by atoms with E-state index in [0.717, 1.165) is 5.56 Å². The highest BCUT2D eigenvalue weighted by Gasteiger charge is 2.10. The van der Waals surface area contributed by atoms with Gasteiger partial charge in [0, 0.05) is 11.6 Å². The Kier molecular flexibility index (Phi) is 3.27. The summed E-state index contributed by atoms with van der Waals surface area (Å²) in [6, 6.07) is 10.7. The van der Waals surface area contributed by atoms with Crippen LogP contribution in [-0.4, -0.2) is 5.91 Å². The number of carbonyl (C=O) groups is 1. The first-order valence-corrected chi connectivity index (χ1v) is 5.33. The summed E-state index contributed by atoms with van der Waals surface area (Å²) in [7, 11) is 0. The van der Waals surface area contributed by atoms with Gasteiger partial charge >= 0.3 is 0 Å². The number of anilines is 1. The van der Waals surface area contributed by atoms with E-state index < -0.39 is 0 Å². The SMILES string of the molecule is O=C(Nc1ccccc1CCl)c1ccco1. The molecule has 0 aliphatic rings. The monoisotopic (exact) mass is 235 g/mol. The predicted octanol–water partition coefficient (Wildman–Crippen LogP) is 3.27. The summed E-state index contributed by atoms with van der Waals surface area (Å²) >= 11 is 5.77. The second kappa shape index (κ2) is 4.86. The lowest BCUT2D eigenvalue weighted by Gasteiger charge is -2.07. The van der Waals surface area contributed by atoms with Crippen LogP contribution in [0.2, 0.25) is 0 Å². The van der Waals surface area contributed by atoms with Crippen LogP contribution in [0.3, 0.4) is 0 Å². The molecule has 1 aromatic carbocycles. The standard InChI is InChI=1S/C12H10ClNO2/c13-8-9-4-1-2-5-10(9)14-12(15)11-6-3-7-16-11/h1-7H,8H2,(H,14,15). The highest BCUT2D eigenvalue weighted by Crippen LogP contribution is 2.18. The topological polar surface area (TPSA) is 42.2 Å². The molecule has 0 radical (unpaired) electrons. The number of amides is 1. The maximum Gasteiger partial charge on any atom is 0.291 e. The van der Waals surface area contributed by atoms with Crippen LogP contribution in [0.5, 0.6) is 0 Å². The molecule has 2 aromatic rings. The van der Waals surface area contributed by atoms with Crippen LogP contribution < -0.4 is 5.32 Å². The van der Waals surface area contributed by atoms with Crippen LogP contribution in [0.15, 0.2) is 47.1 Å². The van der Waals surface area contributed by atoms with Crippen LogP contribution in [-0.2, 0) is 5.88 Å². The van der Waals surface area contributed by atoms with Crippen LogP contribution in [0.1, 0.15) is 16.1 Å². The zero-order chi connectivity index (χ0) is 11.4. The predicted molar refractivity (Wildman–Crippen MR) is 62.7 cm³/mol. The third kappa shape index (κ3) is 2.25. The molecule has 1 amide bonds. The van der Waals surface area contributed by atoms with Crippen molar-refractivity contribution in [2.24, 2.45) is 0 Å². The molecule has 3 nitrogen and oxygen atoms in total. The smallest absolute Gasteiger partial charge is 0.291 e. The quantitative estimate of drug-likeness (QED) is 0.830. The Morgan fingerprint density at radius 2 is 2.06 bits per heavy atom. The lowest BCUT2D eigenvalue weighted by Crippen LogP contribution is -2.12. The Morgan fingerprint density at radius 1 is 1.25 bits per heavy atom. The van der Waals surface area contributed by atoms with Crippen molar-refractivity contribution in [1.29, 1.82) is 0 Å². The van der Waals surface area contributed by atoms with Crippen molar-refractivity contribution in [3.8, 4) is 0 Å². The second-order valence-corrected chi connectivity index (χ2v) is 3.49. The van der Waals surface area contributed by atoms with Crippen molar-refractivity contribution < 1.29 is 9.21 Å². The summed E-state index contributed by atoms with van der Waals surface area (Å²) in [6.45, 7) is 0. The molecule has 0 saturated heterocycles. The van der Waals surface area contributed by atoms with Crippen LogP contribution in [0.25, 0.3) is 0 Å². The maximum atomic E-state index is 11.7. The largest absolute Gasteiger partial charge is 0.459 e. The average molecular weight is 236 g/mol. The van der Waals surface area contributed by atoms with Crippen molar-refractivity contribution in [1.82, 2.24) is 0 Å². The molecule has 0 fully saturated rings. The summed E-state index contributed by atoms with van der Waals surface area (Å²) in [4.78, 5) is 11.7. The van der Waals surface area contributed by atoms with Gasteiger partial charge in [-0.3, -0.25) is 4.79 Å². The molecule has 1 N–H and O–H groups in total. The number of hydrogen-bond donors (Lipinski definition) is 1. The highest BCUT2D eigenvalue weighted by molar-refractivity contribution is 6.17. The number of rotatable bonds is 3. The van der Waals surface area contributed by atoms with Gasteiger partial charge < -0.3 is 9.73 Å². The summed E-state index contributed by atoms with van der Waals surface area (Å²) in [6.07, 6.45) is 1.46. The van der Waals surface area contributed by atoms with E-state index in [0.29, 0.717) is 11.6 Å². The molecule has 0 atom stereocenters. The molecule has 4 heteroatoms. The number of alkyl halides is 1. The van der Waals surface area contributed by atoms with E-state index >= 15 is 0 Å². The van der Waals surface area contributed by atoms with Crippen molar-refractivity contribution in [2.45, 2.75) is 5.88 Å². The fraction of sp³-hybridized carbons (Fsp3) is 0.0833. The van der Waals surface area contributed by atoms with Gasteiger partial charge in [-0.15, -0.1) is 11.6 Å². The maximum absolute atomic E-state index is 11.7. The molecule has 0 aliphatic carbocycles. The molecule has 0 unspecified atom stereocenters. The van der Waals surface area contributed by atoms with Gasteiger partial charge in [0.2, 0.25) is 0 Å². The van der Waals surface area contributed by atoms with E-state index in [1.807, 2.05) is 18.2 Å². The first-order valence-electron chi connectivity index (χ1n) is 4.80. The Bertz CT molecular complexity index is 480. The van der Waals surface area contributed by atoms with Gasteiger partial charge in [0.15, 0.2) is 5.76 Å². The van der Waals surface area contributed by atoms with Gasteiger partial charge in [0.05, 0.1) is 6.26 Å². The van der Waals surface area contributed by atoms with Crippen molar-refractivity contribution in [2.75, 3.05) is 5.32 Å². The van der Waals surface area contributed by atoms with Crippen LogP contribution >= 0.6 is 11.6 Å². The fourth-order valence-corrected chi connectivity index (χ4v) is 1.58. The average Bonchev–Trinajstić information content (AvgIpc) is 2.83. The number of halogens is 1. The van der Waals surface area contributed by atoms with E-state index in [-0.39, 0.29) is 11.7 Å². The third-order valence-corrected chi connectivity index (χ3v) is 2.44. The fourth-order valence-electron chi connectivity index (χ4n) is 1.35. The third-order valence-electron chi connectivity index (χ3n) is 2.15. The van der Waals surface area contributed by atoms with Crippen molar-refractivity contribution in [3.05, 3.63) is 54.0 Å². The Labute approximate surface area is 98.0 Å². The highest BCUT2D eigenvalue weighted by atomic mass is 35.5. The first-order chi connectivity index (χ1) is 7.81. The number of furan rings is 1. The minimum absolute atomic E-state index is 0.275. The lowest BCUT2D eigenvalue weighted by molar-refractivity contribution is 0.0996. The van der Waals surface area contributed by atoms with Crippen LogP contribution in [0, 0.1) is 0 Å². The van der Waals surface area contributed by atoms with Gasteiger partial charge in [-0.2, -0.15) is 0 Å². The van der Waals surface area contributed by atoms with E-state index in [9.17, 15) is 4.79 Å². The molecule has 0 bridgehead atoms. The van der Waals surface area contributed by atoms with Gasteiger partial charge in [-0.1, -0.05) is 18.2 Å². The van der Waals surface area contributed by atoms with Crippen molar-refractivity contribution >= 4 is 23.2 Å². The molecular weight excluding hydrogens is 226 g/mol. The van der Waals surface area contributed by atoms with Crippen LogP contribution in [0.4, 0.5) is 5.69 Å². The van der Waals surface area contributed by atoms with Gasteiger partial charge in [-0.05, 0) is 23.8 Å². The number of nitrogens with one attached hydrogen (secondary N) is 1. The number of carbonyl (C=O) groups excluding carboxylic acids is 1. The summed E-state index contributed by atoms with van der Waals surface area (Å²) < 4.78 is 5.00. The second-order valence-electron chi connectivity index (χ2n) is 3.22. The minimum Gasteiger partial charge on any atom is -0.459 e. The van der Waals surface area contributed by atoms with E-state index in [1.54, 1.807) is 18.2 Å².